The fraction of sp³-hybridized carbons (Fsp3) is 1.00. The first-order chi connectivity index (χ1) is 7.28. The van der Waals surface area contributed by atoms with E-state index in [4.69, 9.17) is 51.1 Å². The average molecular weight is 292 g/mol. The SMILES string of the molecule is ClC[C@@H]1C2OC([C@@H](CCl)[C@H]2CCl)[C@@H]1CCl. The zero-order chi connectivity index (χ0) is 11.0. The van der Waals surface area contributed by atoms with Crippen LogP contribution in [0.5, 0.6) is 0 Å². The highest BCUT2D eigenvalue weighted by Gasteiger charge is 2.57. The van der Waals surface area contributed by atoms with Crippen molar-refractivity contribution in [1.29, 1.82) is 0 Å². The summed E-state index contributed by atoms with van der Waals surface area (Å²) in [7, 11) is 0. The molecule has 0 aliphatic carbocycles. The summed E-state index contributed by atoms with van der Waals surface area (Å²) >= 11 is 23.9. The van der Waals surface area contributed by atoms with E-state index in [2.05, 4.69) is 0 Å². The van der Waals surface area contributed by atoms with E-state index in [0.29, 0.717) is 47.2 Å². The van der Waals surface area contributed by atoms with Gasteiger partial charge in [-0.05, 0) is 0 Å². The van der Waals surface area contributed by atoms with E-state index in [-0.39, 0.29) is 12.2 Å². The molecule has 88 valence electrons. The molecule has 0 aromatic heterocycles. The molecule has 2 saturated heterocycles. The predicted molar refractivity (Wildman–Crippen MR) is 65.5 cm³/mol. The van der Waals surface area contributed by atoms with Crippen LogP contribution in [0, 0.1) is 23.7 Å². The second-order valence-electron chi connectivity index (χ2n) is 4.34. The van der Waals surface area contributed by atoms with Crippen molar-refractivity contribution < 1.29 is 4.74 Å². The van der Waals surface area contributed by atoms with Crippen molar-refractivity contribution in [3.8, 4) is 0 Å². The first kappa shape index (κ1) is 12.6. The third-order valence-electron chi connectivity index (χ3n) is 3.81. The Morgan fingerprint density at radius 1 is 0.600 bits per heavy atom. The molecule has 2 fully saturated rings. The molecule has 0 spiro atoms. The summed E-state index contributed by atoms with van der Waals surface area (Å²) < 4.78 is 5.95. The fourth-order valence-electron chi connectivity index (χ4n) is 3.00. The Hall–Kier alpha value is 1.12. The molecule has 0 N–H and O–H groups in total. The van der Waals surface area contributed by atoms with E-state index in [9.17, 15) is 0 Å². The van der Waals surface area contributed by atoms with Crippen molar-refractivity contribution >= 4 is 46.4 Å². The maximum absolute atomic E-state index is 5.97. The molecule has 0 aromatic carbocycles. The zero-order valence-corrected chi connectivity index (χ0v) is 11.2. The van der Waals surface area contributed by atoms with Crippen molar-refractivity contribution in [2.45, 2.75) is 12.2 Å². The summed E-state index contributed by atoms with van der Waals surface area (Å²) in [4.78, 5) is 0. The largest absolute Gasteiger partial charge is 0.374 e. The Kier molecular flexibility index (Phi) is 4.34. The first-order valence-electron chi connectivity index (χ1n) is 5.17. The van der Waals surface area contributed by atoms with E-state index >= 15 is 0 Å². The molecule has 5 heteroatoms. The minimum absolute atomic E-state index is 0.164. The standard InChI is InChI=1S/C10H14Cl4O/c11-1-5-6(2-12)10-8(4-14)7(3-13)9(5)15-10/h5-10H,1-4H2/t5-,6+,7+,8-,9?,10?. The van der Waals surface area contributed by atoms with E-state index in [0.717, 1.165) is 0 Å². The molecule has 2 rings (SSSR count). The van der Waals surface area contributed by atoms with Gasteiger partial charge in [0.1, 0.15) is 0 Å². The maximum Gasteiger partial charge on any atom is 0.0666 e. The predicted octanol–water partition coefficient (Wildman–Crippen LogP) is 3.19. The monoisotopic (exact) mass is 290 g/mol. The highest BCUT2D eigenvalue weighted by molar-refractivity contribution is 6.20. The average Bonchev–Trinajstić information content (AvgIpc) is 2.80. The van der Waals surface area contributed by atoms with Crippen LogP contribution in [-0.4, -0.2) is 35.7 Å². The van der Waals surface area contributed by atoms with E-state index < -0.39 is 0 Å². The number of hydrogen-bond donors (Lipinski definition) is 0. The third-order valence-corrected chi connectivity index (χ3v) is 5.24. The van der Waals surface area contributed by atoms with Crippen LogP contribution in [0.1, 0.15) is 0 Å². The smallest absolute Gasteiger partial charge is 0.0666 e. The van der Waals surface area contributed by atoms with Gasteiger partial charge >= 0.3 is 0 Å². The van der Waals surface area contributed by atoms with Gasteiger partial charge in [0.05, 0.1) is 12.2 Å². The minimum atomic E-state index is 0.164. The summed E-state index contributed by atoms with van der Waals surface area (Å²) in [6, 6.07) is 0. The molecular weight excluding hydrogens is 278 g/mol. The molecule has 1 nitrogen and oxygen atoms in total. The maximum atomic E-state index is 5.97. The van der Waals surface area contributed by atoms with Crippen molar-refractivity contribution in [3.63, 3.8) is 0 Å². The Morgan fingerprint density at radius 3 is 1.07 bits per heavy atom. The summed E-state index contributed by atoms with van der Waals surface area (Å²) in [5.74, 6) is 3.77. The zero-order valence-electron chi connectivity index (χ0n) is 8.21. The van der Waals surface area contributed by atoms with Crippen LogP contribution in [-0.2, 0) is 4.74 Å². The highest BCUT2D eigenvalue weighted by atomic mass is 35.5. The van der Waals surface area contributed by atoms with Crippen molar-refractivity contribution in [2.75, 3.05) is 23.5 Å². The van der Waals surface area contributed by atoms with Gasteiger partial charge in [-0.1, -0.05) is 0 Å². The molecule has 2 heterocycles. The minimum Gasteiger partial charge on any atom is -0.374 e. The van der Waals surface area contributed by atoms with E-state index in [1.165, 1.54) is 0 Å². The van der Waals surface area contributed by atoms with Crippen LogP contribution in [0.2, 0.25) is 0 Å². The number of rotatable bonds is 4. The number of hydrogen-bond acceptors (Lipinski definition) is 1. The lowest BCUT2D eigenvalue weighted by atomic mass is 9.70. The molecule has 0 aromatic rings. The van der Waals surface area contributed by atoms with Crippen LogP contribution in [0.15, 0.2) is 0 Å². The van der Waals surface area contributed by atoms with Crippen molar-refractivity contribution in [2.24, 2.45) is 23.7 Å². The van der Waals surface area contributed by atoms with Crippen LogP contribution >= 0.6 is 46.4 Å². The van der Waals surface area contributed by atoms with Crippen molar-refractivity contribution in [3.05, 3.63) is 0 Å². The molecule has 0 saturated carbocycles. The van der Waals surface area contributed by atoms with Gasteiger partial charge in [0, 0.05) is 47.2 Å². The first-order valence-corrected chi connectivity index (χ1v) is 7.31. The van der Waals surface area contributed by atoms with Gasteiger partial charge in [-0.3, -0.25) is 0 Å². The van der Waals surface area contributed by atoms with E-state index in [1.807, 2.05) is 0 Å². The molecule has 2 unspecified atom stereocenters. The Bertz CT molecular complexity index is 183. The van der Waals surface area contributed by atoms with Gasteiger partial charge in [-0.2, -0.15) is 0 Å². The van der Waals surface area contributed by atoms with Crippen LogP contribution in [0.3, 0.4) is 0 Å². The normalized spacial score (nSPS) is 48.8. The fourth-order valence-corrected chi connectivity index (χ4v) is 4.62. The molecule has 0 radical (unpaired) electrons. The van der Waals surface area contributed by atoms with Gasteiger partial charge in [0.25, 0.3) is 0 Å². The summed E-state index contributed by atoms with van der Waals surface area (Å²) in [5.41, 5.74) is 0. The van der Waals surface area contributed by atoms with Gasteiger partial charge in [0.15, 0.2) is 0 Å². The third kappa shape index (κ3) is 1.89. The molecular formula is C10H14Cl4O. The Labute approximate surface area is 110 Å². The number of alkyl halides is 4. The molecule has 15 heavy (non-hydrogen) atoms. The van der Waals surface area contributed by atoms with Crippen LogP contribution in [0.25, 0.3) is 0 Å². The topological polar surface area (TPSA) is 9.23 Å². The summed E-state index contributed by atoms with van der Waals surface area (Å²) in [6.07, 6.45) is 0.329. The Morgan fingerprint density at radius 2 is 0.867 bits per heavy atom. The van der Waals surface area contributed by atoms with Gasteiger partial charge in [-0.15, -0.1) is 46.4 Å². The second kappa shape index (κ2) is 5.18. The highest BCUT2D eigenvalue weighted by Crippen LogP contribution is 2.51. The summed E-state index contributed by atoms with van der Waals surface area (Å²) in [6.45, 7) is 0. The van der Waals surface area contributed by atoms with Gasteiger partial charge in [0.2, 0.25) is 0 Å². The molecule has 2 aliphatic heterocycles. The quantitative estimate of drug-likeness (QED) is 0.723. The number of halogens is 4. The number of ether oxygens (including phenoxy) is 1. The lowest BCUT2D eigenvalue weighted by Gasteiger charge is -2.34. The molecule has 2 aliphatic rings. The van der Waals surface area contributed by atoms with Crippen LogP contribution in [0.4, 0.5) is 0 Å². The lowest BCUT2D eigenvalue weighted by Crippen LogP contribution is -2.42. The van der Waals surface area contributed by atoms with Gasteiger partial charge in [-0.25, -0.2) is 0 Å². The second-order valence-corrected chi connectivity index (χ2v) is 5.57. The molecule has 2 bridgehead atoms. The van der Waals surface area contributed by atoms with Crippen LogP contribution < -0.4 is 0 Å². The molecule has 0 amide bonds. The van der Waals surface area contributed by atoms with E-state index in [1.54, 1.807) is 0 Å². The molecule has 6 atom stereocenters. The Balaban J connectivity index is 2.17. The summed E-state index contributed by atoms with van der Waals surface area (Å²) in [5, 5.41) is 0. The van der Waals surface area contributed by atoms with Gasteiger partial charge < -0.3 is 4.74 Å². The lowest BCUT2D eigenvalue weighted by molar-refractivity contribution is 0.0757. The number of fused-ring (bicyclic) bond motifs is 2. The van der Waals surface area contributed by atoms with Crippen molar-refractivity contribution in [1.82, 2.24) is 0 Å².